The molecule has 4 rings (SSSR count). The Kier molecular flexibility index (Phi) is 4.34. The van der Waals surface area contributed by atoms with Crippen LogP contribution in [0.15, 0.2) is 97.1 Å². The van der Waals surface area contributed by atoms with Gasteiger partial charge in [-0.25, -0.2) is 0 Å². The summed E-state index contributed by atoms with van der Waals surface area (Å²) in [5.41, 5.74) is 5.32. The Balaban J connectivity index is 1.86. The van der Waals surface area contributed by atoms with Gasteiger partial charge in [0.05, 0.1) is 0 Å². The molecule has 128 valence electrons. The van der Waals surface area contributed by atoms with Crippen molar-refractivity contribution in [3.05, 3.63) is 119 Å². The van der Waals surface area contributed by atoms with Gasteiger partial charge in [-0.15, -0.1) is 0 Å². The van der Waals surface area contributed by atoms with Gasteiger partial charge in [-0.3, -0.25) is 0 Å². The minimum atomic E-state index is -0.0704. The first-order valence-corrected chi connectivity index (χ1v) is 9.25. The molecular weight excluding hydrogens is 312 g/mol. The summed E-state index contributed by atoms with van der Waals surface area (Å²) in [6, 6.07) is 35.3. The van der Waals surface area contributed by atoms with Crippen molar-refractivity contribution in [3.63, 3.8) is 0 Å². The number of benzene rings is 4. The molecule has 26 heavy (non-hydrogen) atoms. The van der Waals surface area contributed by atoms with Crippen LogP contribution in [0.3, 0.4) is 0 Å². The fraction of sp³-hybridized carbons (Fsp3) is 0.154. The molecule has 0 heteroatoms. The lowest BCUT2D eigenvalue weighted by Crippen LogP contribution is -2.26. The average Bonchev–Trinajstić information content (AvgIpc) is 2.69. The van der Waals surface area contributed by atoms with E-state index in [9.17, 15) is 0 Å². The first kappa shape index (κ1) is 16.6. The Morgan fingerprint density at radius 1 is 0.615 bits per heavy atom. The molecule has 0 bridgehead atoms. The van der Waals surface area contributed by atoms with Crippen molar-refractivity contribution in [2.45, 2.75) is 25.7 Å². The fourth-order valence-electron chi connectivity index (χ4n) is 3.83. The van der Waals surface area contributed by atoms with Crippen molar-refractivity contribution in [3.8, 4) is 0 Å². The van der Waals surface area contributed by atoms with Crippen LogP contribution in [0.2, 0.25) is 0 Å². The number of fused-ring (bicyclic) bond motifs is 1. The third-order valence-electron chi connectivity index (χ3n) is 5.48. The Hall–Kier alpha value is -2.86. The summed E-state index contributed by atoms with van der Waals surface area (Å²) in [4.78, 5) is 0. The maximum Gasteiger partial charge on any atom is 0.0215 e. The van der Waals surface area contributed by atoms with Crippen LogP contribution in [0.25, 0.3) is 10.8 Å². The maximum absolute atomic E-state index is 2.37. The van der Waals surface area contributed by atoms with Crippen molar-refractivity contribution in [2.24, 2.45) is 0 Å². The van der Waals surface area contributed by atoms with Gasteiger partial charge in [-0.2, -0.15) is 0 Å². The average molecular weight is 336 g/mol. The van der Waals surface area contributed by atoms with Crippen LogP contribution in [-0.4, -0.2) is 0 Å². The van der Waals surface area contributed by atoms with Gasteiger partial charge in [0.1, 0.15) is 0 Å². The van der Waals surface area contributed by atoms with E-state index in [1.165, 1.54) is 33.0 Å². The Labute approximate surface area is 156 Å². The predicted molar refractivity (Wildman–Crippen MR) is 112 cm³/mol. The predicted octanol–water partition coefficient (Wildman–Crippen LogP) is 6.70. The van der Waals surface area contributed by atoms with Gasteiger partial charge in [-0.05, 0) is 40.8 Å². The second-order valence-corrected chi connectivity index (χ2v) is 7.42. The summed E-state index contributed by atoms with van der Waals surface area (Å²) in [6.07, 6.45) is 0.981. The van der Waals surface area contributed by atoms with Crippen molar-refractivity contribution in [1.29, 1.82) is 0 Å². The largest absolute Gasteiger partial charge is 0.0622 e. The van der Waals surface area contributed by atoms with Crippen LogP contribution in [0, 0.1) is 6.92 Å². The molecule has 0 nitrogen and oxygen atoms in total. The molecule has 1 atom stereocenters. The van der Waals surface area contributed by atoms with Crippen LogP contribution < -0.4 is 0 Å². The highest BCUT2D eigenvalue weighted by atomic mass is 14.3. The topological polar surface area (TPSA) is 0 Å². The van der Waals surface area contributed by atoms with Gasteiger partial charge in [0.15, 0.2) is 0 Å². The molecule has 0 aliphatic rings. The molecule has 0 aliphatic carbocycles. The molecule has 0 aromatic heterocycles. The molecule has 4 aromatic rings. The molecule has 0 N–H and O–H groups in total. The summed E-state index contributed by atoms with van der Waals surface area (Å²) in [5, 5.41) is 2.60. The Morgan fingerprint density at radius 2 is 1.23 bits per heavy atom. The normalized spacial score (nSPS) is 13.5. The zero-order valence-corrected chi connectivity index (χ0v) is 15.4. The van der Waals surface area contributed by atoms with Crippen LogP contribution >= 0.6 is 0 Å². The lowest BCUT2D eigenvalue weighted by atomic mass is 9.71. The molecular formula is C26H24. The highest BCUT2D eigenvalue weighted by Gasteiger charge is 2.29. The lowest BCUT2D eigenvalue weighted by Gasteiger charge is -2.32. The van der Waals surface area contributed by atoms with Crippen LogP contribution in [0.1, 0.15) is 29.2 Å². The van der Waals surface area contributed by atoms with Gasteiger partial charge in [-0.1, -0.05) is 110 Å². The van der Waals surface area contributed by atoms with E-state index in [2.05, 4.69) is 111 Å². The highest BCUT2D eigenvalue weighted by molar-refractivity contribution is 5.83. The van der Waals surface area contributed by atoms with Gasteiger partial charge in [0.25, 0.3) is 0 Å². The molecule has 0 saturated carbocycles. The quantitative estimate of drug-likeness (QED) is 0.389. The van der Waals surface area contributed by atoms with E-state index in [1.54, 1.807) is 0 Å². The minimum absolute atomic E-state index is 0.0704. The van der Waals surface area contributed by atoms with Crippen molar-refractivity contribution < 1.29 is 0 Å². The fourth-order valence-corrected chi connectivity index (χ4v) is 3.83. The lowest BCUT2D eigenvalue weighted by molar-refractivity contribution is 0.568. The summed E-state index contributed by atoms with van der Waals surface area (Å²) in [5.74, 6) is 0. The third-order valence-corrected chi connectivity index (χ3v) is 5.48. The molecule has 0 spiro atoms. The maximum atomic E-state index is 2.37. The summed E-state index contributed by atoms with van der Waals surface area (Å²) in [6.45, 7) is 4.52. The van der Waals surface area contributed by atoms with Gasteiger partial charge in [0, 0.05) is 5.41 Å². The number of aryl methyl sites for hydroxylation is 1. The van der Waals surface area contributed by atoms with Crippen molar-refractivity contribution >= 4 is 10.8 Å². The summed E-state index contributed by atoms with van der Waals surface area (Å²) in [7, 11) is 0. The summed E-state index contributed by atoms with van der Waals surface area (Å²) >= 11 is 0. The second-order valence-electron chi connectivity index (χ2n) is 7.42. The molecule has 0 saturated heterocycles. The Bertz CT molecular complexity index is 1010. The van der Waals surface area contributed by atoms with E-state index in [-0.39, 0.29) is 5.41 Å². The van der Waals surface area contributed by atoms with Gasteiger partial charge in [0.2, 0.25) is 0 Å². The Morgan fingerprint density at radius 3 is 1.96 bits per heavy atom. The van der Waals surface area contributed by atoms with Gasteiger partial charge < -0.3 is 0 Å². The minimum Gasteiger partial charge on any atom is -0.0622 e. The summed E-state index contributed by atoms with van der Waals surface area (Å²) < 4.78 is 0. The number of rotatable bonds is 4. The second kappa shape index (κ2) is 6.80. The zero-order valence-electron chi connectivity index (χ0n) is 15.4. The first-order valence-electron chi connectivity index (χ1n) is 9.25. The zero-order chi connectivity index (χ0) is 18.0. The first-order chi connectivity index (χ1) is 12.6. The smallest absolute Gasteiger partial charge is 0.0215 e. The molecule has 0 aliphatic heterocycles. The van der Waals surface area contributed by atoms with Crippen LogP contribution in [-0.2, 0) is 11.8 Å². The highest BCUT2D eigenvalue weighted by Crippen LogP contribution is 2.37. The van der Waals surface area contributed by atoms with Crippen molar-refractivity contribution in [1.82, 2.24) is 0 Å². The van der Waals surface area contributed by atoms with Crippen LogP contribution in [0.5, 0.6) is 0 Å². The van der Waals surface area contributed by atoms with E-state index in [4.69, 9.17) is 0 Å². The molecule has 4 aromatic carbocycles. The third kappa shape index (κ3) is 3.15. The molecule has 0 radical (unpaired) electrons. The van der Waals surface area contributed by atoms with E-state index in [1.807, 2.05) is 0 Å². The van der Waals surface area contributed by atoms with E-state index >= 15 is 0 Å². The van der Waals surface area contributed by atoms with Crippen LogP contribution in [0.4, 0.5) is 0 Å². The van der Waals surface area contributed by atoms with Gasteiger partial charge >= 0.3 is 0 Å². The van der Waals surface area contributed by atoms with E-state index in [0.29, 0.717) is 0 Å². The number of hydrogen-bond acceptors (Lipinski definition) is 0. The molecule has 1 unspecified atom stereocenters. The molecule has 0 fully saturated rings. The van der Waals surface area contributed by atoms with Crippen molar-refractivity contribution in [2.75, 3.05) is 0 Å². The molecule has 0 heterocycles. The van der Waals surface area contributed by atoms with E-state index in [0.717, 1.165) is 6.42 Å². The SMILES string of the molecule is Cc1ccc(C(C)(Cc2ccccc2)c2ccc3ccccc3c2)cc1. The molecule has 0 amide bonds. The van der Waals surface area contributed by atoms with E-state index < -0.39 is 0 Å². The standard InChI is InChI=1S/C26H24/c1-20-12-15-24(16-13-20)26(2,19-21-8-4-3-5-9-21)25-17-14-22-10-6-7-11-23(22)18-25/h3-18H,19H2,1-2H3. The number of hydrogen-bond donors (Lipinski definition) is 0. The monoisotopic (exact) mass is 336 g/mol.